The number of methoxy groups -OCH3 is 1. The van der Waals surface area contributed by atoms with Crippen LogP contribution in [0.15, 0.2) is 0 Å². The molecule has 5 heteroatoms. The Morgan fingerprint density at radius 1 is 1.65 bits per heavy atom. The summed E-state index contributed by atoms with van der Waals surface area (Å²) in [5.74, 6) is -0.763. The number of carboxylic acids is 1. The van der Waals surface area contributed by atoms with E-state index >= 15 is 0 Å². The summed E-state index contributed by atoms with van der Waals surface area (Å²) in [7, 11) is 1.74. The molecule has 5 nitrogen and oxygen atoms in total. The molecule has 0 radical (unpaired) electrons. The molecule has 2 fully saturated rings. The molecular weight excluding hydrogens is 222 g/mol. The number of piperidine rings is 1. The van der Waals surface area contributed by atoms with Gasteiger partial charge in [0.2, 0.25) is 0 Å². The summed E-state index contributed by atoms with van der Waals surface area (Å²) in [6.45, 7) is 2.41. The van der Waals surface area contributed by atoms with Crippen molar-refractivity contribution in [1.82, 2.24) is 4.90 Å². The van der Waals surface area contributed by atoms with Crippen LogP contribution in [0, 0.1) is 0 Å². The molecule has 2 heterocycles. The van der Waals surface area contributed by atoms with Gasteiger partial charge in [0.05, 0.1) is 18.2 Å². The smallest absolute Gasteiger partial charge is 0.317 e. The quantitative estimate of drug-likeness (QED) is 0.792. The molecule has 2 saturated heterocycles. The average Bonchev–Trinajstić information content (AvgIpc) is 2.28. The van der Waals surface area contributed by atoms with Crippen LogP contribution in [0.25, 0.3) is 0 Å². The van der Waals surface area contributed by atoms with Gasteiger partial charge in [-0.05, 0) is 25.8 Å². The van der Waals surface area contributed by atoms with Crippen LogP contribution in [-0.4, -0.2) is 61.0 Å². The molecule has 0 aromatic rings. The molecule has 1 N–H and O–H groups in total. The Labute approximate surface area is 102 Å². The lowest BCUT2D eigenvalue weighted by Gasteiger charge is -2.46. The normalized spacial score (nSPS) is 35.0. The summed E-state index contributed by atoms with van der Waals surface area (Å²) in [4.78, 5) is 12.7. The largest absolute Gasteiger partial charge is 0.480 e. The molecular formula is C12H21NO4. The van der Waals surface area contributed by atoms with Crippen LogP contribution in [0.5, 0.6) is 0 Å². The van der Waals surface area contributed by atoms with Gasteiger partial charge in [-0.2, -0.15) is 0 Å². The van der Waals surface area contributed by atoms with Gasteiger partial charge in [-0.3, -0.25) is 9.69 Å². The Hall–Kier alpha value is -0.650. The Morgan fingerprint density at radius 3 is 3.18 bits per heavy atom. The Bertz CT molecular complexity index is 280. The van der Waals surface area contributed by atoms with E-state index in [1.165, 1.54) is 0 Å². The fourth-order valence-corrected chi connectivity index (χ4v) is 2.99. The van der Waals surface area contributed by atoms with Gasteiger partial charge in [0, 0.05) is 26.7 Å². The minimum atomic E-state index is -0.763. The molecule has 98 valence electrons. The summed E-state index contributed by atoms with van der Waals surface area (Å²) >= 11 is 0. The van der Waals surface area contributed by atoms with E-state index in [0.29, 0.717) is 0 Å². The SMILES string of the molecule is CO[C@@H]1CCO[C@]2(CCCN(CC(=O)O)C2)C1. The van der Waals surface area contributed by atoms with Crippen molar-refractivity contribution in [2.45, 2.75) is 37.4 Å². The predicted molar refractivity (Wildman–Crippen MR) is 62.0 cm³/mol. The van der Waals surface area contributed by atoms with E-state index in [1.54, 1.807) is 7.11 Å². The lowest BCUT2D eigenvalue weighted by Crippen LogP contribution is -2.54. The summed E-state index contributed by atoms with van der Waals surface area (Å²) in [6, 6.07) is 0. The highest BCUT2D eigenvalue weighted by atomic mass is 16.5. The first-order valence-corrected chi connectivity index (χ1v) is 6.24. The van der Waals surface area contributed by atoms with Gasteiger partial charge in [0.15, 0.2) is 0 Å². The Morgan fingerprint density at radius 2 is 2.47 bits per heavy atom. The fourth-order valence-electron chi connectivity index (χ4n) is 2.99. The van der Waals surface area contributed by atoms with E-state index in [0.717, 1.165) is 45.4 Å². The highest BCUT2D eigenvalue weighted by Gasteiger charge is 2.41. The zero-order valence-corrected chi connectivity index (χ0v) is 10.4. The van der Waals surface area contributed by atoms with Gasteiger partial charge in [0.1, 0.15) is 0 Å². The third-order valence-electron chi connectivity index (χ3n) is 3.76. The summed E-state index contributed by atoms with van der Waals surface area (Å²) in [6.07, 6.45) is 4.11. The fraction of sp³-hybridized carbons (Fsp3) is 0.917. The maximum Gasteiger partial charge on any atom is 0.317 e. The second-order valence-electron chi connectivity index (χ2n) is 5.09. The van der Waals surface area contributed by atoms with Crippen molar-refractivity contribution in [1.29, 1.82) is 0 Å². The van der Waals surface area contributed by atoms with Crippen molar-refractivity contribution in [3.63, 3.8) is 0 Å². The molecule has 17 heavy (non-hydrogen) atoms. The summed E-state index contributed by atoms with van der Waals surface area (Å²) in [5, 5.41) is 8.84. The van der Waals surface area contributed by atoms with Gasteiger partial charge in [-0.15, -0.1) is 0 Å². The van der Waals surface area contributed by atoms with Crippen molar-refractivity contribution in [3.05, 3.63) is 0 Å². The third-order valence-corrected chi connectivity index (χ3v) is 3.76. The van der Waals surface area contributed by atoms with E-state index in [1.807, 2.05) is 4.90 Å². The monoisotopic (exact) mass is 243 g/mol. The minimum Gasteiger partial charge on any atom is -0.480 e. The molecule has 0 aliphatic carbocycles. The van der Waals surface area contributed by atoms with Gasteiger partial charge < -0.3 is 14.6 Å². The third kappa shape index (κ3) is 3.18. The highest BCUT2D eigenvalue weighted by molar-refractivity contribution is 5.69. The average molecular weight is 243 g/mol. The van der Waals surface area contributed by atoms with Crippen LogP contribution in [0.1, 0.15) is 25.7 Å². The van der Waals surface area contributed by atoms with Crippen molar-refractivity contribution >= 4 is 5.97 Å². The molecule has 0 amide bonds. The number of rotatable bonds is 3. The number of carbonyl (C=O) groups is 1. The van der Waals surface area contributed by atoms with Gasteiger partial charge in [-0.1, -0.05) is 0 Å². The summed E-state index contributed by atoms with van der Waals surface area (Å²) in [5.41, 5.74) is -0.174. The van der Waals surface area contributed by atoms with E-state index in [9.17, 15) is 4.79 Å². The minimum absolute atomic E-state index is 0.114. The number of nitrogens with zero attached hydrogens (tertiary/aromatic N) is 1. The van der Waals surface area contributed by atoms with Crippen molar-refractivity contribution in [2.24, 2.45) is 0 Å². The van der Waals surface area contributed by atoms with Crippen LogP contribution >= 0.6 is 0 Å². The van der Waals surface area contributed by atoms with Crippen molar-refractivity contribution in [2.75, 3.05) is 33.4 Å². The van der Waals surface area contributed by atoms with E-state index in [4.69, 9.17) is 14.6 Å². The van der Waals surface area contributed by atoms with Crippen molar-refractivity contribution < 1.29 is 19.4 Å². The molecule has 0 aromatic carbocycles. The first-order valence-electron chi connectivity index (χ1n) is 6.24. The predicted octanol–water partition coefficient (Wildman–Crippen LogP) is 0.731. The molecule has 0 bridgehead atoms. The van der Waals surface area contributed by atoms with Crippen LogP contribution in [-0.2, 0) is 14.3 Å². The van der Waals surface area contributed by atoms with Gasteiger partial charge >= 0.3 is 5.97 Å². The topological polar surface area (TPSA) is 59.0 Å². The number of hydrogen-bond donors (Lipinski definition) is 1. The lowest BCUT2D eigenvalue weighted by atomic mass is 9.84. The number of hydrogen-bond acceptors (Lipinski definition) is 4. The standard InChI is InChI=1S/C12H21NO4/c1-16-10-3-6-17-12(7-10)4-2-5-13(9-12)8-11(14)15/h10H,2-9H2,1H3,(H,14,15)/t10-,12-/m1/s1. The number of ether oxygens (including phenoxy) is 2. The highest BCUT2D eigenvalue weighted by Crippen LogP contribution is 2.34. The number of likely N-dealkylation sites (tertiary alicyclic amines) is 1. The molecule has 2 aliphatic heterocycles. The van der Waals surface area contributed by atoms with E-state index < -0.39 is 5.97 Å². The van der Waals surface area contributed by atoms with Crippen LogP contribution in [0.3, 0.4) is 0 Å². The molecule has 2 atom stereocenters. The zero-order valence-electron chi connectivity index (χ0n) is 10.4. The summed E-state index contributed by atoms with van der Waals surface area (Å²) < 4.78 is 11.4. The molecule has 2 rings (SSSR count). The van der Waals surface area contributed by atoms with Crippen LogP contribution in [0.2, 0.25) is 0 Å². The first-order chi connectivity index (χ1) is 8.13. The van der Waals surface area contributed by atoms with E-state index in [-0.39, 0.29) is 18.2 Å². The van der Waals surface area contributed by atoms with Gasteiger partial charge in [-0.25, -0.2) is 0 Å². The number of carboxylic acid groups (broad SMARTS) is 1. The van der Waals surface area contributed by atoms with E-state index in [2.05, 4.69) is 0 Å². The number of aliphatic carboxylic acids is 1. The maximum atomic E-state index is 10.8. The molecule has 0 unspecified atom stereocenters. The second-order valence-corrected chi connectivity index (χ2v) is 5.09. The molecule has 1 spiro atoms. The maximum absolute atomic E-state index is 10.8. The Kier molecular flexibility index (Phi) is 4.01. The lowest BCUT2D eigenvalue weighted by molar-refractivity contribution is -0.158. The Balaban J connectivity index is 1.96. The second kappa shape index (κ2) is 5.33. The van der Waals surface area contributed by atoms with Gasteiger partial charge in [0.25, 0.3) is 0 Å². The zero-order chi connectivity index (χ0) is 12.3. The first kappa shape index (κ1) is 12.8. The van der Waals surface area contributed by atoms with Crippen molar-refractivity contribution in [3.8, 4) is 0 Å². The van der Waals surface area contributed by atoms with Crippen LogP contribution < -0.4 is 0 Å². The van der Waals surface area contributed by atoms with Crippen LogP contribution in [0.4, 0.5) is 0 Å². The molecule has 0 aromatic heterocycles. The molecule has 0 saturated carbocycles. The molecule has 2 aliphatic rings.